The Morgan fingerprint density at radius 2 is 1.56 bits per heavy atom. The third-order valence-electron chi connectivity index (χ3n) is 8.06. The number of carbonyl (C=O) groups is 4. The molecule has 3 fully saturated rings. The quantitative estimate of drug-likeness (QED) is 0.296. The average molecular weight is 456 g/mol. The molecule has 6 atom stereocenters. The fourth-order valence-corrected chi connectivity index (χ4v) is 6.36. The zero-order valence-corrected chi connectivity index (χ0v) is 19.1. The minimum Gasteiger partial charge on any atom is -0.454 e. The van der Waals surface area contributed by atoms with Gasteiger partial charge < -0.3 is 4.74 Å². The molecule has 2 amide bonds. The lowest BCUT2D eigenvalue weighted by atomic mass is 9.63. The Bertz CT molecular complexity index is 1260. The van der Waals surface area contributed by atoms with Crippen LogP contribution in [0.5, 0.6) is 0 Å². The molecule has 2 aromatic rings. The van der Waals surface area contributed by atoms with Crippen molar-refractivity contribution in [3.63, 3.8) is 0 Å². The number of aryl methyl sites for hydroxylation is 2. The van der Waals surface area contributed by atoms with Crippen molar-refractivity contribution in [1.82, 2.24) is 0 Å². The number of anilines is 1. The zero-order chi connectivity index (χ0) is 23.7. The highest BCUT2D eigenvalue weighted by molar-refractivity contribution is 6.24. The Balaban J connectivity index is 1.24. The molecule has 0 aromatic heterocycles. The maximum Gasteiger partial charge on any atom is 0.340 e. The second-order valence-corrected chi connectivity index (χ2v) is 10.0. The van der Waals surface area contributed by atoms with Gasteiger partial charge in [0.25, 0.3) is 0 Å². The van der Waals surface area contributed by atoms with E-state index < -0.39 is 12.6 Å². The Hall–Kier alpha value is -3.54. The molecule has 7 rings (SSSR count). The summed E-state index contributed by atoms with van der Waals surface area (Å²) in [7, 11) is 0. The molecule has 1 heterocycles. The van der Waals surface area contributed by atoms with Gasteiger partial charge in [0.05, 0.1) is 23.1 Å². The number of carbonyl (C=O) groups excluding carboxylic acids is 4. The molecule has 2 bridgehead atoms. The van der Waals surface area contributed by atoms with Crippen LogP contribution in [0.4, 0.5) is 5.69 Å². The minimum atomic E-state index is -0.728. The molecule has 34 heavy (non-hydrogen) atoms. The summed E-state index contributed by atoms with van der Waals surface area (Å²) in [5, 5.41) is 0. The fraction of sp³-hybridized carbons (Fsp3) is 0.357. The number of hydrogen-bond acceptors (Lipinski definition) is 5. The smallest absolute Gasteiger partial charge is 0.340 e. The molecule has 172 valence electrons. The third kappa shape index (κ3) is 3.01. The number of benzene rings is 2. The first-order chi connectivity index (χ1) is 16.4. The van der Waals surface area contributed by atoms with Crippen LogP contribution < -0.4 is 4.90 Å². The number of para-hydroxylation sites is 1. The van der Waals surface area contributed by atoms with E-state index in [1.54, 1.807) is 24.3 Å². The van der Waals surface area contributed by atoms with Gasteiger partial charge in [-0.15, -0.1) is 0 Å². The van der Waals surface area contributed by atoms with Gasteiger partial charge in [-0.05, 0) is 67.7 Å². The second kappa shape index (κ2) is 7.49. The molecule has 1 aliphatic heterocycles. The van der Waals surface area contributed by atoms with Crippen LogP contribution in [0.25, 0.3) is 0 Å². The van der Waals surface area contributed by atoms with E-state index in [0.717, 1.165) is 17.5 Å². The molecule has 5 aliphatic rings. The zero-order valence-electron chi connectivity index (χ0n) is 19.1. The number of rotatable bonds is 5. The number of amides is 2. The standard InChI is InChI=1S/C28H25NO5/c1-14-7-8-15(2)19(11-14)23(30)13-34-28(33)18-5-3-4-6-22(18)29-26(31)24-16-9-10-17(21-12-20(16)21)25(24)27(29)32/h3-11,16-17,20-21,24-25H,12-13H2,1-2H3/t16-,17-,20-,21-,24+,25+/m0/s1. The first-order valence-electron chi connectivity index (χ1n) is 11.8. The van der Waals surface area contributed by atoms with Gasteiger partial charge in [0.2, 0.25) is 17.6 Å². The van der Waals surface area contributed by atoms with Crippen LogP contribution in [0.15, 0.2) is 54.6 Å². The molecule has 4 aliphatic carbocycles. The van der Waals surface area contributed by atoms with Crippen molar-refractivity contribution in [2.24, 2.45) is 35.5 Å². The molecular formula is C28H25NO5. The van der Waals surface area contributed by atoms with E-state index in [2.05, 4.69) is 12.2 Å². The van der Waals surface area contributed by atoms with Crippen molar-refractivity contribution in [3.8, 4) is 0 Å². The van der Waals surface area contributed by atoms with Gasteiger partial charge in [-0.3, -0.25) is 14.4 Å². The summed E-state index contributed by atoms with van der Waals surface area (Å²) in [6.45, 7) is 3.31. The first kappa shape index (κ1) is 21.0. The van der Waals surface area contributed by atoms with Gasteiger partial charge in [0.15, 0.2) is 6.61 Å². The van der Waals surface area contributed by atoms with Crippen molar-refractivity contribution < 1.29 is 23.9 Å². The van der Waals surface area contributed by atoms with Crippen molar-refractivity contribution in [2.75, 3.05) is 11.5 Å². The minimum absolute atomic E-state index is 0.107. The van der Waals surface area contributed by atoms with Gasteiger partial charge in [-0.2, -0.15) is 0 Å². The van der Waals surface area contributed by atoms with Gasteiger partial charge in [-0.1, -0.05) is 42.0 Å². The fourth-order valence-electron chi connectivity index (χ4n) is 6.36. The van der Waals surface area contributed by atoms with Crippen molar-refractivity contribution in [3.05, 3.63) is 76.9 Å². The van der Waals surface area contributed by atoms with Gasteiger partial charge in [0, 0.05) is 5.56 Å². The summed E-state index contributed by atoms with van der Waals surface area (Å²) in [6, 6.07) is 12.0. The number of ketones is 1. The largest absolute Gasteiger partial charge is 0.454 e. The number of hydrogen-bond donors (Lipinski definition) is 0. The van der Waals surface area contributed by atoms with Crippen LogP contribution in [0.2, 0.25) is 0 Å². The Morgan fingerprint density at radius 1 is 0.912 bits per heavy atom. The number of allylic oxidation sites excluding steroid dienone is 2. The van der Waals surface area contributed by atoms with Gasteiger partial charge in [0.1, 0.15) is 0 Å². The van der Waals surface area contributed by atoms with E-state index in [4.69, 9.17) is 4.74 Å². The van der Waals surface area contributed by atoms with E-state index in [1.807, 2.05) is 26.0 Å². The predicted molar refractivity (Wildman–Crippen MR) is 124 cm³/mol. The highest BCUT2D eigenvalue weighted by Crippen LogP contribution is 2.65. The topological polar surface area (TPSA) is 80.8 Å². The van der Waals surface area contributed by atoms with Gasteiger partial charge >= 0.3 is 5.97 Å². The molecular weight excluding hydrogens is 430 g/mol. The average Bonchev–Trinajstić information content (AvgIpc) is 3.62. The molecule has 1 saturated heterocycles. The summed E-state index contributed by atoms with van der Waals surface area (Å²) in [4.78, 5) is 53.8. The molecule has 2 aromatic carbocycles. The molecule has 6 nitrogen and oxygen atoms in total. The first-order valence-corrected chi connectivity index (χ1v) is 11.8. The van der Waals surface area contributed by atoms with E-state index in [0.29, 0.717) is 17.4 Å². The van der Waals surface area contributed by atoms with E-state index in [1.165, 1.54) is 11.0 Å². The number of Topliss-reactive ketones (excluding diaryl/α,β-unsaturated/α-hetero) is 1. The number of imide groups is 1. The number of ether oxygens (including phenoxy) is 1. The van der Waals surface area contributed by atoms with Crippen molar-refractivity contribution in [2.45, 2.75) is 20.3 Å². The van der Waals surface area contributed by atoms with Crippen LogP contribution in [0.3, 0.4) is 0 Å². The molecule has 0 unspecified atom stereocenters. The summed E-state index contributed by atoms with van der Waals surface area (Å²) in [6.07, 6.45) is 5.33. The van der Waals surface area contributed by atoms with Crippen LogP contribution >= 0.6 is 0 Å². The maximum atomic E-state index is 13.5. The SMILES string of the molecule is Cc1ccc(C)c(C(=O)COC(=O)c2ccccc2N2C(=O)[C@@H]3[C@H]4C=C[C@@H]([C@@H]5C[C@@H]45)[C@H]3C2=O)c1. The molecule has 0 N–H and O–H groups in total. The van der Waals surface area contributed by atoms with Crippen LogP contribution in [-0.2, 0) is 14.3 Å². The highest BCUT2D eigenvalue weighted by Gasteiger charge is 2.67. The van der Waals surface area contributed by atoms with E-state index in [-0.39, 0.29) is 52.5 Å². The van der Waals surface area contributed by atoms with Gasteiger partial charge in [-0.25, -0.2) is 9.69 Å². The van der Waals surface area contributed by atoms with E-state index >= 15 is 0 Å². The summed E-state index contributed by atoms with van der Waals surface area (Å²) in [5.74, 6) is -0.956. The lowest BCUT2D eigenvalue weighted by Crippen LogP contribution is -2.40. The predicted octanol–water partition coefficient (Wildman–Crippen LogP) is 3.90. The lowest BCUT2D eigenvalue weighted by Gasteiger charge is -2.37. The molecule has 0 radical (unpaired) electrons. The van der Waals surface area contributed by atoms with Crippen LogP contribution in [-0.4, -0.2) is 30.2 Å². The normalized spacial score (nSPS) is 30.2. The molecule has 0 spiro atoms. The highest BCUT2D eigenvalue weighted by atomic mass is 16.5. The molecule has 6 heteroatoms. The Kier molecular flexibility index (Phi) is 4.63. The lowest BCUT2D eigenvalue weighted by molar-refractivity contribution is -0.124. The summed E-state index contributed by atoms with van der Waals surface area (Å²) < 4.78 is 5.36. The van der Waals surface area contributed by atoms with Crippen LogP contribution in [0, 0.1) is 49.4 Å². The number of nitrogens with zero attached hydrogens (tertiary/aromatic N) is 1. The maximum absolute atomic E-state index is 13.5. The summed E-state index contributed by atoms with van der Waals surface area (Å²) in [5.41, 5.74) is 2.62. The van der Waals surface area contributed by atoms with Crippen molar-refractivity contribution in [1.29, 1.82) is 0 Å². The Labute approximate surface area is 197 Å². The van der Waals surface area contributed by atoms with Crippen LogP contribution in [0.1, 0.15) is 38.3 Å². The Morgan fingerprint density at radius 3 is 2.24 bits per heavy atom. The van der Waals surface area contributed by atoms with E-state index in [9.17, 15) is 19.2 Å². The second-order valence-electron chi connectivity index (χ2n) is 10.0. The monoisotopic (exact) mass is 455 g/mol. The molecule has 2 saturated carbocycles. The van der Waals surface area contributed by atoms with Crippen molar-refractivity contribution >= 4 is 29.3 Å². The third-order valence-corrected chi connectivity index (χ3v) is 8.06. The summed E-state index contributed by atoms with van der Waals surface area (Å²) >= 11 is 0. The number of esters is 1.